The summed E-state index contributed by atoms with van der Waals surface area (Å²) in [5.74, 6) is 3.69. The van der Waals surface area contributed by atoms with Crippen LogP contribution < -0.4 is 34.4 Å². The molecule has 308 valence electrons. The maximum absolute atomic E-state index is 15.4. The molecule has 3 saturated heterocycles. The van der Waals surface area contributed by atoms with Crippen molar-refractivity contribution in [2.24, 2.45) is 0 Å². The number of nitrogens with one attached hydrogen (secondary N) is 1. The zero-order valence-corrected chi connectivity index (χ0v) is 33.2. The van der Waals surface area contributed by atoms with Gasteiger partial charge in [-0.05, 0) is 62.9 Å². The number of alkyl halides is 1. The summed E-state index contributed by atoms with van der Waals surface area (Å²) in [5, 5.41) is 14.0. The van der Waals surface area contributed by atoms with Crippen LogP contribution in [-0.4, -0.2) is 121 Å². The van der Waals surface area contributed by atoms with E-state index in [-0.39, 0.29) is 68.3 Å². The summed E-state index contributed by atoms with van der Waals surface area (Å²) < 4.78 is 49.1. The average molecular weight is 799 g/mol. The minimum absolute atomic E-state index is 0.0900. The Balaban J connectivity index is 1.10. The van der Waals surface area contributed by atoms with Crippen molar-refractivity contribution in [1.29, 1.82) is 0 Å². The number of aromatic nitrogens is 3. The van der Waals surface area contributed by atoms with E-state index in [4.69, 9.17) is 35.6 Å². The predicted molar refractivity (Wildman–Crippen MR) is 217 cm³/mol. The Hall–Kier alpha value is -5.20. The fourth-order valence-corrected chi connectivity index (χ4v) is 9.23. The number of fused-ring (bicyclic) bond motifs is 2. The molecule has 8 rings (SSSR count). The van der Waals surface area contributed by atoms with Gasteiger partial charge in [0.2, 0.25) is 5.91 Å². The number of ether oxygens (including phenoxy) is 3. The number of carbonyl (C=O) groups excluding carboxylic acids is 1. The lowest BCUT2D eigenvalue weighted by atomic mass is 9.93. The Morgan fingerprint density at radius 3 is 2.79 bits per heavy atom. The summed E-state index contributed by atoms with van der Waals surface area (Å²) >= 11 is 0. The minimum Gasteiger partial charge on any atom is -0.486 e. The van der Waals surface area contributed by atoms with Crippen LogP contribution in [0, 0.1) is 18.2 Å². The second-order valence-electron chi connectivity index (χ2n) is 16.4. The third kappa shape index (κ3) is 7.96. The Morgan fingerprint density at radius 1 is 1.16 bits per heavy atom. The van der Waals surface area contributed by atoms with Gasteiger partial charge in [-0.2, -0.15) is 9.97 Å². The molecule has 2 aromatic heterocycles. The van der Waals surface area contributed by atoms with Gasteiger partial charge in [0.1, 0.15) is 31.0 Å². The van der Waals surface area contributed by atoms with Gasteiger partial charge in [-0.25, -0.2) is 13.8 Å². The average Bonchev–Trinajstić information content (AvgIpc) is 3.35. The van der Waals surface area contributed by atoms with E-state index >= 15 is 8.78 Å². The molecule has 0 bridgehead atoms. The number of aliphatic hydroxyl groups excluding tert-OH is 1. The molecule has 3 fully saturated rings. The van der Waals surface area contributed by atoms with Crippen LogP contribution in [0.1, 0.15) is 56.4 Å². The third-order valence-corrected chi connectivity index (χ3v) is 12.1. The fourth-order valence-electron chi connectivity index (χ4n) is 9.23. The number of β-amino-alcohol motifs (C(OH)–C–C–N with tert-alkyl or cyclic N) is 1. The summed E-state index contributed by atoms with van der Waals surface area (Å²) in [6.45, 7) is 11.6. The van der Waals surface area contributed by atoms with Crippen molar-refractivity contribution in [3.8, 4) is 24.1 Å². The van der Waals surface area contributed by atoms with Crippen molar-refractivity contribution in [3.63, 3.8) is 0 Å². The first-order chi connectivity index (χ1) is 28.0. The van der Waals surface area contributed by atoms with E-state index in [2.05, 4.69) is 34.5 Å². The summed E-state index contributed by atoms with van der Waals surface area (Å²) in [7, 11) is 0. The smallest absolute Gasteiger partial charge is 0.318 e. The first-order valence-electron chi connectivity index (χ1n) is 20.3. The molecule has 1 aromatic carbocycles. The molecule has 13 nitrogen and oxygen atoms in total. The molecular weight excluding hydrogens is 747 g/mol. The molecule has 0 aliphatic carbocycles. The highest BCUT2D eigenvalue weighted by molar-refractivity contribution is 5.87. The monoisotopic (exact) mass is 798 g/mol. The summed E-state index contributed by atoms with van der Waals surface area (Å²) in [6.07, 6.45) is 10.7. The van der Waals surface area contributed by atoms with Crippen LogP contribution in [0.25, 0.3) is 0 Å². The highest BCUT2D eigenvalue weighted by Gasteiger charge is 2.44. The first kappa shape index (κ1) is 39.6. The summed E-state index contributed by atoms with van der Waals surface area (Å²) in [6, 6.07) is 6.80. The zero-order chi connectivity index (χ0) is 40.6. The Bertz CT molecular complexity index is 2050. The number of morpholine rings is 1. The normalized spacial score (nSPS) is 27.1. The molecule has 6 atom stereocenters. The van der Waals surface area contributed by atoms with Crippen LogP contribution in [0.5, 0.6) is 11.8 Å². The number of benzene rings is 1. The second-order valence-corrected chi connectivity index (χ2v) is 16.4. The molecular formula is C43H52F2N8O5. The molecule has 15 heteroatoms. The molecule has 1 amide bonds. The van der Waals surface area contributed by atoms with Crippen molar-refractivity contribution in [3.05, 3.63) is 65.8 Å². The van der Waals surface area contributed by atoms with Crippen molar-refractivity contribution >= 4 is 28.9 Å². The van der Waals surface area contributed by atoms with Crippen molar-refractivity contribution in [2.45, 2.75) is 88.3 Å². The molecule has 3 aromatic rings. The van der Waals surface area contributed by atoms with E-state index in [1.54, 1.807) is 12.3 Å². The number of anilines is 4. The lowest BCUT2D eigenvalue weighted by Gasteiger charge is -2.42. The Kier molecular flexibility index (Phi) is 11.3. The second kappa shape index (κ2) is 16.6. The summed E-state index contributed by atoms with van der Waals surface area (Å²) in [5.41, 5.74) is 2.13. The molecule has 58 heavy (non-hydrogen) atoms. The van der Waals surface area contributed by atoms with Gasteiger partial charge in [-0.1, -0.05) is 18.6 Å². The fraction of sp³-hybridized carbons (Fsp3) is 0.535. The third-order valence-electron chi connectivity index (χ3n) is 12.1. The van der Waals surface area contributed by atoms with Gasteiger partial charge in [0.15, 0.2) is 11.6 Å². The molecule has 5 aliphatic rings. The number of nitrogens with zero attached hydrogens (tertiary/aromatic N) is 7. The molecule has 5 aliphatic heterocycles. The van der Waals surface area contributed by atoms with E-state index in [0.29, 0.717) is 62.1 Å². The number of hydrogen-bond acceptors (Lipinski definition) is 12. The Labute approximate surface area is 338 Å². The number of terminal acetylenes is 1. The SMILES string of the molecule is C#Cc1c(F)ccc2c1N([C@@H]1COc3c(nc(OC[C@]4(C)C[C@@H](F)CN4c4ccc(N5CCOC[C@H]5C)nc4)nc3N3CCCCC(NC(=O)C=C)C3)C1)C[C@H](O)C2. The topological polar surface area (TPSA) is 129 Å². The molecule has 0 saturated carbocycles. The number of hydrogen-bond donors (Lipinski definition) is 2. The number of amides is 1. The maximum Gasteiger partial charge on any atom is 0.318 e. The predicted octanol–water partition coefficient (Wildman–Crippen LogP) is 3.99. The molecule has 0 spiro atoms. The number of carbonyl (C=O) groups is 1. The molecule has 0 radical (unpaired) electrons. The van der Waals surface area contributed by atoms with Crippen LogP contribution in [0.15, 0.2) is 43.1 Å². The van der Waals surface area contributed by atoms with Crippen molar-refractivity contribution in [2.75, 3.05) is 78.8 Å². The van der Waals surface area contributed by atoms with Crippen molar-refractivity contribution in [1.82, 2.24) is 20.3 Å². The number of aliphatic hydroxyl groups is 1. The van der Waals surface area contributed by atoms with Gasteiger partial charge in [-0.3, -0.25) is 4.79 Å². The van der Waals surface area contributed by atoms with Crippen LogP contribution >= 0.6 is 0 Å². The van der Waals surface area contributed by atoms with E-state index in [9.17, 15) is 9.90 Å². The van der Waals surface area contributed by atoms with Gasteiger partial charge in [0.25, 0.3) is 0 Å². The van der Waals surface area contributed by atoms with E-state index in [1.807, 2.05) is 28.9 Å². The van der Waals surface area contributed by atoms with Gasteiger partial charge < -0.3 is 44.2 Å². The van der Waals surface area contributed by atoms with E-state index < -0.39 is 23.6 Å². The van der Waals surface area contributed by atoms with Gasteiger partial charge in [0.05, 0.1) is 72.3 Å². The molecule has 2 N–H and O–H groups in total. The van der Waals surface area contributed by atoms with Gasteiger partial charge in [0, 0.05) is 51.5 Å². The van der Waals surface area contributed by atoms with Crippen LogP contribution in [0.3, 0.4) is 0 Å². The van der Waals surface area contributed by atoms with Crippen LogP contribution in [-0.2, 0) is 22.4 Å². The number of halogens is 2. The maximum atomic E-state index is 15.4. The minimum atomic E-state index is -1.08. The largest absolute Gasteiger partial charge is 0.486 e. The summed E-state index contributed by atoms with van der Waals surface area (Å²) in [4.78, 5) is 35.3. The highest BCUT2D eigenvalue weighted by atomic mass is 19.1. The van der Waals surface area contributed by atoms with Crippen LogP contribution in [0.4, 0.5) is 31.8 Å². The zero-order valence-electron chi connectivity index (χ0n) is 33.2. The first-order valence-corrected chi connectivity index (χ1v) is 20.3. The van der Waals surface area contributed by atoms with Gasteiger partial charge in [-0.15, -0.1) is 6.42 Å². The number of pyridine rings is 1. The quantitative estimate of drug-likeness (QED) is 0.240. The van der Waals surface area contributed by atoms with E-state index in [1.165, 1.54) is 12.1 Å². The van der Waals surface area contributed by atoms with Gasteiger partial charge >= 0.3 is 6.01 Å². The molecule has 1 unspecified atom stereocenters. The molecule has 7 heterocycles. The number of rotatable bonds is 9. The van der Waals surface area contributed by atoms with Crippen LogP contribution in [0.2, 0.25) is 0 Å². The van der Waals surface area contributed by atoms with Crippen molar-refractivity contribution < 1.29 is 32.9 Å². The van der Waals surface area contributed by atoms with E-state index in [0.717, 1.165) is 42.9 Å². The Morgan fingerprint density at radius 2 is 2.02 bits per heavy atom. The lowest BCUT2D eigenvalue weighted by molar-refractivity contribution is -0.117. The standard InChI is InChI=1S/C43H52F2N8O5/c1-5-34-35(45)12-10-28-17-33(54)23-52(39(28)34)32-18-36-40(57-25-32)41(50-14-8-7-9-30(22-50)47-38(55)6-2)49-42(48-36)58-26-43(4)19-29(44)21-53(43)31-11-13-37(46-20-31)51-15-16-56-24-27(51)3/h1,6,10-13,20,27,29-30,32-33,54H,2,7-9,14-19,21-26H2,3-4H3,(H,47,55)/t27-,29-,30?,32+,33-,43+/m1/s1. The lowest BCUT2D eigenvalue weighted by Crippen LogP contribution is -2.50. The highest BCUT2D eigenvalue weighted by Crippen LogP contribution is 2.41.